The molecule has 1 heteroatoms. The normalized spacial score (nSPS) is 11.7. The SMILES string of the molecule is CC.CC.CCC.CNC.c1ccc2c(c1)CCC2.c1ccc2c(c1)CCC2. The van der Waals surface area contributed by atoms with Crippen molar-refractivity contribution in [2.75, 3.05) is 14.1 Å². The summed E-state index contributed by atoms with van der Waals surface area (Å²) in [6.45, 7) is 12.2. The number of hydrogen-bond donors (Lipinski definition) is 1. The van der Waals surface area contributed by atoms with Crippen molar-refractivity contribution in [2.24, 2.45) is 0 Å². The van der Waals surface area contributed by atoms with E-state index in [1.165, 1.54) is 44.9 Å². The summed E-state index contributed by atoms with van der Waals surface area (Å²) >= 11 is 0. The fourth-order valence-electron chi connectivity index (χ4n) is 3.03. The highest BCUT2D eigenvalue weighted by Crippen LogP contribution is 2.20. The third kappa shape index (κ3) is 12.7. The molecule has 1 nitrogen and oxygen atoms in total. The molecule has 0 saturated carbocycles. The van der Waals surface area contributed by atoms with Crippen LogP contribution < -0.4 is 5.32 Å². The third-order valence-corrected chi connectivity index (χ3v) is 4.02. The van der Waals surface area contributed by atoms with Gasteiger partial charge in [0.1, 0.15) is 0 Å². The number of rotatable bonds is 0. The van der Waals surface area contributed by atoms with E-state index in [0.717, 1.165) is 0 Å². The highest BCUT2D eigenvalue weighted by molar-refractivity contribution is 5.31. The van der Waals surface area contributed by atoms with Crippen LogP contribution in [0.15, 0.2) is 48.5 Å². The minimum Gasteiger partial charge on any atom is -0.323 e. The molecule has 0 spiro atoms. The Morgan fingerprint density at radius 1 is 0.571 bits per heavy atom. The molecule has 0 aromatic heterocycles. The zero-order valence-corrected chi connectivity index (χ0v) is 20.1. The molecular formula is C27H47N. The zero-order valence-electron chi connectivity index (χ0n) is 20.1. The van der Waals surface area contributed by atoms with Crippen molar-refractivity contribution in [1.82, 2.24) is 5.32 Å². The van der Waals surface area contributed by atoms with E-state index in [4.69, 9.17) is 0 Å². The molecule has 2 aliphatic carbocycles. The van der Waals surface area contributed by atoms with Crippen LogP contribution in [0.4, 0.5) is 0 Å². The number of aryl methyl sites for hydroxylation is 4. The van der Waals surface area contributed by atoms with Crippen molar-refractivity contribution in [3.8, 4) is 0 Å². The summed E-state index contributed by atoms with van der Waals surface area (Å²) in [5, 5.41) is 2.75. The molecule has 0 atom stereocenters. The monoisotopic (exact) mass is 385 g/mol. The first kappa shape index (κ1) is 28.6. The average Bonchev–Trinajstić information content (AvgIpc) is 3.42. The highest BCUT2D eigenvalue weighted by Gasteiger charge is 2.07. The second-order valence-electron chi connectivity index (χ2n) is 6.45. The summed E-state index contributed by atoms with van der Waals surface area (Å²) in [5.41, 5.74) is 6.27. The quantitative estimate of drug-likeness (QED) is 0.491. The van der Waals surface area contributed by atoms with Gasteiger partial charge in [-0.2, -0.15) is 0 Å². The third-order valence-electron chi connectivity index (χ3n) is 4.02. The molecule has 0 aliphatic heterocycles. The van der Waals surface area contributed by atoms with Crippen LogP contribution in [0.5, 0.6) is 0 Å². The van der Waals surface area contributed by atoms with Crippen molar-refractivity contribution in [3.05, 3.63) is 70.8 Å². The maximum Gasteiger partial charge on any atom is -0.0167 e. The predicted octanol–water partition coefficient (Wildman–Crippen LogP) is 7.65. The number of nitrogens with one attached hydrogen (secondary N) is 1. The Kier molecular flexibility index (Phi) is 22.2. The molecule has 0 unspecified atom stereocenters. The molecule has 2 aromatic rings. The van der Waals surface area contributed by atoms with E-state index >= 15 is 0 Å². The lowest BCUT2D eigenvalue weighted by molar-refractivity contribution is 0.912. The van der Waals surface area contributed by atoms with Gasteiger partial charge in [0.2, 0.25) is 0 Å². The Balaban J connectivity index is 0. The standard InChI is InChI=1S/2C9H10.C3H8.C2H7N.2C2H6/c2*1-2-5-9-7-3-6-8(9)4-1;2*1-3-2;2*1-2/h2*1-2,4-5H,3,6-7H2;3H2,1-2H3;3H,1-2H3;2*1-2H3. The van der Waals surface area contributed by atoms with Crippen LogP contribution in [0.25, 0.3) is 0 Å². The Labute approximate surface area is 177 Å². The minimum atomic E-state index is 1.25. The van der Waals surface area contributed by atoms with Gasteiger partial charge in [-0.3, -0.25) is 0 Å². The summed E-state index contributed by atoms with van der Waals surface area (Å²) in [4.78, 5) is 0. The van der Waals surface area contributed by atoms with Crippen LogP contribution in [-0.4, -0.2) is 14.1 Å². The van der Waals surface area contributed by atoms with Crippen LogP contribution in [-0.2, 0) is 25.7 Å². The Bertz CT molecular complexity index is 462. The molecule has 0 amide bonds. The van der Waals surface area contributed by atoms with Gasteiger partial charge in [0, 0.05) is 0 Å². The van der Waals surface area contributed by atoms with E-state index < -0.39 is 0 Å². The van der Waals surface area contributed by atoms with Gasteiger partial charge < -0.3 is 5.32 Å². The molecule has 0 fully saturated rings. The van der Waals surface area contributed by atoms with Gasteiger partial charge in [0.25, 0.3) is 0 Å². The largest absolute Gasteiger partial charge is 0.323 e. The number of benzene rings is 2. The van der Waals surface area contributed by atoms with E-state index in [-0.39, 0.29) is 0 Å². The lowest BCUT2D eigenvalue weighted by Gasteiger charge is -1.93. The Morgan fingerprint density at radius 2 is 0.750 bits per heavy atom. The summed E-state index contributed by atoms with van der Waals surface area (Å²) in [6, 6.07) is 17.5. The van der Waals surface area contributed by atoms with Crippen LogP contribution in [0, 0.1) is 0 Å². The first-order chi connectivity index (χ1) is 13.8. The number of hydrogen-bond acceptors (Lipinski definition) is 1. The lowest BCUT2D eigenvalue weighted by atomic mass is 10.1. The minimum absolute atomic E-state index is 1.25. The fourth-order valence-corrected chi connectivity index (χ4v) is 3.03. The maximum atomic E-state index is 2.75. The van der Waals surface area contributed by atoms with Gasteiger partial charge in [-0.15, -0.1) is 0 Å². The molecule has 2 aliphatic rings. The first-order valence-electron chi connectivity index (χ1n) is 11.5. The summed E-state index contributed by atoms with van der Waals surface area (Å²) in [6.07, 6.45) is 9.18. The van der Waals surface area contributed by atoms with Crippen LogP contribution in [0.1, 0.15) is 83.1 Å². The van der Waals surface area contributed by atoms with Gasteiger partial charge >= 0.3 is 0 Å². The number of fused-ring (bicyclic) bond motifs is 2. The Hall–Kier alpha value is -1.60. The maximum absolute atomic E-state index is 2.75. The second-order valence-corrected chi connectivity index (χ2v) is 6.45. The van der Waals surface area contributed by atoms with Crippen molar-refractivity contribution in [2.45, 2.75) is 86.5 Å². The highest BCUT2D eigenvalue weighted by atomic mass is 14.7. The Morgan fingerprint density at radius 3 is 0.929 bits per heavy atom. The van der Waals surface area contributed by atoms with Gasteiger partial charge in [-0.1, -0.05) is 96.5 Å². The van der Waals surface area contributed by atoms with Crippen LogP contribution in [0.3, 0.4) is 0 Å². The van der Waals surface area contributed by atoms with E-state index in [1.54, 1.807) is 22.3 Å². The van der Waals surface area contributed by atoms with E-state index in [1.807, 2.05) is 41.8 Å². The average molecular weight is 386 g/mol. The predicted molar refractivity (Wildman–Crippen MR) is 131 cm³/mol. The molecular weight excluding hydrogens is 338 g/mol. The topological polar surface area (TPSA) is 12.0 Å². The summed E-state index contributed by atoms with van der Waals surface area (Å²) in [5.74, 6) is 0. The van der Waals surface area contributed by atoms with Crippen molar-refractivity contribution >= 4 is 0 Å². The molecule has 0 saturated heterocycles. The molecule has 0 bridgehead atoms. The van der Waals surface area contributed by atoms with Crippen LogP contribution >= 0.6 is 0 Å². The van der Waals surface area contributed by atoms with Gasteiger partial charge in [0.05, 0.1) is 0 Å². The molecule has 28 heavy (non-hydrogen) atoms. The summed E-state index contributed by atoms with van der Waals surface area (Å²) in [7, 11) is 3.75. The molecule has 4 rings (SSSR count). The van der Waals surface area contributed by atoms with E-state index in [9.17, 15) is 0 Å². The molecule has 0 radical (unpaired) electrons. The van der Waals surface area contributed by atoms with E-state index in [0.29, 0.717) is 0 Å². The fraction of sp³-hybridized carbons (Fsp3) is 0.556. The second kappa shape index (κ2) is 21.7. The lowest BCUT2D eigenvalue weighted by Crippen LogP contribution is -1.89. The van der Waals surface area contributed by atoms with Crippen molar-refractivity contribution < 1.29 is 0 Å². The summed E-state index contributed by atoms with van der Waals surface area (Å²) < 4.78 is 0. The molecule has 160 valence electrons. The molecule has 0 heterocycles. The molecule has 2 aromatic carbocycles. The molecule has 1 N–H and O–H groups in total. The smallest absolute Gasteiger partial charge is 0.0167 e. The van der Waals surface area contributed by atoms with Crippen LogP contribution in [0.2, 0.25) is 0 Å². The first-order valence-corrected chi connectivity index (χ1v) is 11.5. The van der Waals surface area contributed by atoms with Gasteiger partial charge in [-0.05, 0) is 74.9 Å². The van der Waals surface area contributed by atoms with Gasteiger partial charge in [-0.25, -0.2) is 0 Å². The van der Waals surface area contributed by atoms with Gasteiger partial charge in [0.15, 0.2) is 0 Å². The van der Waals surface area contributed by atoms with Crippen molar-refractivity contribution in [1.29, 1.82) is 0 Å². The van der Waals surface area contributed by atoms with Crippen molar-refractivity contribution in [3.63, 3.8) is 0 Å². The zero-order chi connectivity index (χ0) is 21.6. The van der Waals surface area contributed by atoms with E-state index in [2.05, 4.69) is 67.7 Å².